The molecule has 3 aromatic carbocycles. The second-order valence-corrected chi connectivity index (χ2v) is 7.41. The lowest BCUT2D eigenvalue weighted by Gasteiger charge is -2.27. The highest BCUT2D eigenvalue weighted by atomic mass is 14.5. The van der Waals surface area contributed by atoms with Crippen LogP contribution in [0.1, 0.15) is 42.4 Å². The molecule has 5 rings (SSSR count). The second kappa shape index (κ2) is 5.08. The maximum absolute atomic E-state index is 2.49. The Balaban J connectivity index is 1.76. The lowest BCUT2D eigenvalue weighted by Crippen LogP contribution is -2.20. The Morgan fingerprint density at radius 3 is 2.12 bits per heavy atom. The van der Waals surface area contributed by atoms with Crippen LogP contribution in [0.5, 0.6) is 0 Å². The topological polar surface area (TPSA) is 0 Å². The maximum Gasteiger partial charge on any atom is 0.0215 e. The average molecular weight is 310 g/mol. The largest absolute Gasteiger partial charge is 0.0620 e. The average Bonchev–Trinajstić information content (AvgIpc) is 3.22. The molecule has 0 radical (unpaired) electrons. The fourth-order valence-corrected chi connectivity index (χ4v) is 5.04. The van der Waals surface area contributed by atoms with Crippen LogP contribution in [0, 0.1) is 6.92 Å². The highest BCUT2D eigenvalue weighted by Crippen LogP contribution is 2.57. The van der Waals surface area contributed by atoms with Gasteiger partial charge in [0.15, 0.2) is 0 Å². The van der Waals surface area contributed by atoms with Gasteiger partial charge in [-0.1, -0.05) is 73.5 Å². The third-order valence-electron chi connectivity index (χ3n) is 6.18. The molecule has 0 bridgehead atoms. The second-order valence-electron chi connectivity index (χ2n) is 7.41. The van der Waals surface area contributed by atoms with E-state index in [9.17, 15) is 0 Å². The van der Waals surface area contributed by atoms with Crippen LogP contribution >= 0.6 is 0 Å². The van der Waals surface area contributed by atoms with Crippen molar-refractivity contribution in [3.05, 3.63) is 83.4 Å². The summed E-state index contributed by atoms with van der Waals surface area (Å²) >= 11 is 0. The number of hydrogen-bond acceptors (Lipinski definition) is 0. The van der Waals surface area contributed by atoms with Gasteiger partial charge in [-0.05, 0) is 64.8 Å². The number of aryl methyl sites for hydroxylation is 1. The van der Waals surface area contributed by atoms with E-state index < -0.39 is 0 Å². The van der Waals surface area contributed by atoms with Crippen molar-refractivity contribution in [3.63, 3.8) is 0 Å². The van der Waals surface area contributed by atoms with Crippen LogP contribution in [0.3, 0.4) is 0 Å². The Morgan fingerprint density at radius 1 is 0.667 bits per heavy atom. The van der Waals surface area contributed by atoms with Gasteiger partial charge in [-0.3, -0.25) is 0 Å². The third-order valence-corrected chi connectivity index (χ3v) is 6.18. The summed E-state index contributed by atoms with van der Waals surface area (Å²) in [5.74, 6) is 0. The molecule has 0 aromatic heterocycles. The van der Waals surface area contributed by atoms with Gasteiger partial charge in [0.25, 0.3) is 0 Å². The van der Waals surface area contributed by atoms with E-state index >= 15 is 0 Å². The molecule has 0 aliphatic heterocycles. The minimum absolute atomic E-state index is 0.268. The molecule has 0 N–H and O–H groups in total. The number of fused-ring (bicyclic) bond motifs is 5. The molecular formula is C24H22. The Kier molecular flexibility index (Phi) is 2.97. The minimum atomic E-state index is 0.268. The maximum atomic E-state index is 2.49. The van der Waals surface area contributed by atoms with Crippen LogP contribution in [0.25, 0.3) is 22.3 Å². The summed E-state index contributed by atoms with van der Waals surface area (Å²) in [4.78, 5) is 0. The summed E-state index contributed by atoms with van der Waals surface area (Å²) < 4.78 is 0. The predicted octanol–water partition coefficient (Wildman–Crippen LogP) is 6.50. The summed E-state index contributed by atoms with van der Waals surface area (Å²) in [5.41, 5.74) is 10.4. The first-order chi connectivity index (χ1) is 11.8. The van der Waals surface area contributed by atoms with Gasteiger partial charge in [0.1, 0.15) is 0 Å². The van der Waals surface area contributed by atoms with Crippen molar-refractivity contribution >= 4 is 0 Å². The van der Waals surface area contributed by atoms with Gasteiger partial charge in [-0.15, -0.1) is 0 Å². The molecule has 0 saturated heterocycles. The summed E-state index contributed by atoms with van der Waals surface area (Å²) in [7, 11) is 0. The summed E-state index contributed by atoms with van der Waals surface area (Å²) in [6.07, 6.45) is 5.30. The third kappa shape index (κ3) is 1.80. The molecule has 118 valence electrons. The summed E-state index contributed by atoms with van der Waals surface area (Å²) in [6.45, 7) is 2.21. The zero-order valence-electron chi connectivity index (χ0n) is 14.2. The lowest BCUT2D eigenvalue weighted by molar-refractivity contribution is 0.550. The van der Waals surface area contributed by atoms with Gasteiger partial charge in [-0.2, -0.15) is 0 Å². The Hall–Kier alpha value is -2.34. The van der Waals surface area contributed by atoms with Crippen molar-refractivity contribution in [2.24, 2.45) is 0 Å². The minimum Gasteiger partial charge on any atom is -0.0620 e. The normalized spacial score (nSPS) is 17.0. The highest BCUT2D eigenvalue weighted by Gasteiger charge is 2.44. The standard InChI is InChI=1S/C24H22/c1-17-8-2-3-9-19(17)18-12-13-21-20-10-4-5-11-22(20)24(23(21)16-18)14-6-7-15-24/h2-5,8-13,16H,6-7,14-15H2,1H3. The summed E-state index contributed by atoms with van der Waals surface area (Å²) in [5, 5.41) is 0. The molecule has 3 aromatic rings. The predicted molar refractivity (Wildman–Crippen MR) is 101 cm³/mol. The first-order valence-electron chi connectivity index (χ1n) is 9.10. The van der Waals surface area contributed by atoms with Gasteiger partial charge < -0.3 is 0 Å². The first-order valence-corrected chi connectivity index (χ1v) is 9.10. The molecule has 1 saturated carbocycles. The van der Waals surface area contributed by atoms with Crippen molar-refractivity contribution in [2.45, 2.75) is 38.0 Å². The zero-order valence-corrected chi connectivity index (χ0v) is 14.2. The van der Waals surface area contributed by atoms with Crippen LogP contribution in [-0.4, -0.2) is 0 Å². The number of hydrogen-bond donors (Lipinski definition) is 0. The van der Waals surface area contributed by atoms with Crippen LogP contribution in [0.2, 0.25) is 0 Å². The quantitative estimate of drug-likeness (QED) is 0.481. The Labute approximate surface area is 144 Å². The smallest absolute Gasteiger partial charge is 0.0215 e. The van der Waals surface area contributed by atoms with Crippen molar-refractivity contribution in [2.75, 3.05) is 0 Å². The van der Waals surface area contributed by atoms with Gasteiger partial charge in [0.2, 0.25) is 0 Å². The monoisotopic (exact) mass is 310 g/mol. The van der Waals surface area contributed by atoms with Gasteiger partial charge >= 0.3 is 0 Å². The lowest BCUT2D eigenvalue weighted by atomic mass is 9.76. The molecular weight excluding hydrogens is 288 g/mol. The SMILES string of the molecule is Cc1ccccc1-c1ccc2c(c1)C1(CCCC1)c1ccccc1-2. The van der Waals surface area contributed by atoms with Crippen molar-refractivity contribution in [3.8, 4) is 22.3 Å². The van der Waals surface area contributed by atoms with Crippen LogP contribution in [0.15, 0.2) is 66.7 Å². The van der Waals surface area contributed by atoms with E-state index in [1.165, 1.54) is 53.5 Å². The van der Waals surface area contributed by atoms with E-state index in [2.05, 4.69) is 73.7 Å². The van der Waals surface area contributed by atoms with Crippen LogP contribution in [-0.2, 0) is 5.41 Å². The summed E-state index contributed by atoms with van der Waals surface area (Å²) in [6, 6.07) is 25.0. The highest BCUT2D eigenvalue weighted by molar-refractivity contribution is 5.84. The molecule has 2 aliphatic rings. The number of rotatable bonds is 1. The zero-order chi connectivity index (χ0) is 16.1. The molecule has 0 amide bonds. The molecule has 0 atom stereocenters. The van der Waals surface area contributed by atoms with Crippen LogP contribution < -0.4 is 0 Å². The van der Waals surface area contributed by atoms with E-state index in [1.807, 2.05) is 0 Å². The van der Waals surface area contributed by atoms with Crippen molar-refractivity contribution in [1.82, 2.24) is 0 Å². The van der Waals surface area contributed by atoms with Gasteiger partial charge in [-0.25, -0.2) is 0 Å². The van der Waals surface area contributed by atoms with E-state index in [1.54, 1.807) is 11.1 Å². The molecule has 0 nitrogen and oxygen atoms in total. The fourth-order valence-electron chi connectivity index (χ4n) is 5.04. The number of benzene rings is 3. The molecule has 1 spiro atoms. The van der Waals surface area contributed by atoms with Gasteiger partial charge in [0, 0.05) is 5.41 Å². The molecule has 0 heterocycles. The van der Waals surface area contributed by atoms with Crippen LogP contribution in [0.4, 0.5) is 0 Å². The molecule has 1 fully saturated rings. The van der Waals surface area contributed by atoms with E-state index in [4.69, 9.17) is 0 Å². The van der Waals surface area contributed by atoms with E-state index in [0.29, 0.717) is 0 Å². The van der Waals surface area contributed by atoms with Crippen molar-refractivity contribution < 1.29 is 0 Å². The molecule has 2 aliphatic carbocycles. The fraction of sp³-hybridized carbons (Fsp3) is 0.250. The molecule has 24 heavy (non-hydrogen) atoms. The van der Waals surface area contributed by atoms with Crippen molar-refractivity contribution in [1.29, 1.82) is 0 Å². The Morgan fingerprint density at radius 2 is 1.33 bits per heavy atom. The molecule has 0 heteroatoms. The van der Waals surface area contributed by atoms with Gasteiger partial charge in [0.05, 0.1) is 0 Å². The molecule has 0 unspecified atom stereocenters. The Bertz CT molecular complexity index is 926. The first kappa shape index (κ1) is 14.0. The van der Waals surface area contributed by atoms with E-state index in [-0.39, 0.29) is 5.41 Å². The van der Waals surface area contributed by atoms with E-state index in [0.717, 1.165) is 0 Å².